The molecule has 0 fully saturated rings. The van der Waals surface area contributed by atoms with Crippen molar-refractivity contribution in [3.63, 3.8) is 0 Å². The second-order valence-electron chi connectivity index (χ2n) is 9.73. The lowest BCUT2D eigenvalue weighted by Gasteiger charge is -2.19. The lowest BCUT2D eigenvalue weighted by molar-refractivity contribution is 0.0896. The maximum Gasteiger partial charge on any atom is 0.309 e. The number of carbonyl (C=O) groups is 1. The van der Waals surface area contributed by atoms with E-state index in [1.165, 1.54) is 5.56 Å². The van der Waals surface area contributed by atoms with Crippen molar-refractivity contribution in [1.82, 2.24) is 35.7 Å². The number of nitrogens with zero attached hydrogens (tertiary/aromatic N) is 5. The number of hydrogen-bond donors (Lipinski definition) is 3. The second-order valence-corrected chi connectivity index (χ2v) is 9.73. The number of aryl methyl sites for hydroxylation is 1. The van der Waals surface area contributed by atoms with Crippen molar-refractivity contribution in [3.8, 4) is 11.3 Å². The topological polar surface area (TPSA) is 135 Å². The molecule has 1 aliphatic rings. The van der Waals surface area contributed by atoms with Crippen LogP contribution in [-0.2, 0) is 11.8 Å². The quantitative estimate of drug-likeness (QED) is 0.362. The summed E-state index contributed by atoms with van der Waals surface area (Å²) >= 11 is 0. The van der Waals surface area contributed by atoms with Gasteiger partial charge in [0.25, 0.3) is 0 Å². The van der Waals surface area contributed by atoms with Gasteiger partial charge in [-0.3, -0.25) is 9.89 Å². The van der Waals surface area contributed by atoms with Gasteiger partial charge < -0.3 is 15.1 Å². The number of anilines is 2. The smallest absolute Gasteiger partial charge is 0.309 e. The first-order chi connectivity index (χ1) is 16.9. The third-order valence-electron chi connectivity index (χ3n) is 5.98. The Morgan fingerprint density at radius 2 is 2.06 bits per heavy atom. The summed E-state index contributed by atoms with van der Waals surface area (Å²) in [5.41, 5.74) is 4.61. The van der Waals surface area contributed by atoms with Crippen LogP contribution >= 0.6 is 0 Å². The molecule has 1 aromatic carbocycles. The molecule has 4 aromatic rings. The molecule has 10 nitrogen and oxygen atoms in total. The summed E-state index contributed by atoms with van der Waals surface area (Å²) in [7, 11) is 0. The number of aromatic nitrogens is 6. The maximum atomic E-state index is 12.9. The van der Waals surface area contributed by atoms with Gasteiger partial charge in [0.05, 0.1) is 23.6 Å². The summed E-state index contributed by atoms with van der Waals surface area (Å²) in [6, 6.07) is 8.05. The third-order valence-corrected chi connectivity index (χ3v) is 5.98. The van der Waals surface area contributed by atoms with Crippen molar-refractivity contribution in [3.05, 3.63) is 65.8 Å². The third kappa shape index (κ3) is 5.06. The molecule has 0 unspecified atom stereocenters. The second kappa shape index (κ2) is 9.28. The molecule has 1 aliphatic carbocycles. The van der Waals surface area contributed by atoms with E-state index in [1.807, 2.05) is 32.9 Å². The molecular formula is C25H28N8O2. The average Bonchev–Trinajstić information content (AvgIpc) is 3.50. The fourth-order valence-corrected chi connectivity index (χ4v) is 4.16. The summed E-state index contributed by atoms with van der Waals surface area (Å²) in [5.74, 6) is 0.592. The Kier molecular flexibility index (Phi) is 6.02. The Morgan fingerprint density at radius 1 is 1.17 bits per heavy atom. The zero-order chi connectivity index (χ0) is 24.4. The molecule has 1 amide bonds. The Balaban J connectivity index is 1.37. The number of nitrogens with one attached hydrogen (secondary N) is 3. The van der Waals surface area contributed by atoms with Gasteiger partial charge in [-0.25, -0.2) is 9.97 Å². The Hall–Kier alpha value is -4.08. The first-order valence-electron chi connectivity index (χ1n) is 11.7. The molecule has 0 bridgehead atoms. The molecule has 0 radical (unpaired) electrons. The van der Waals surface area contributed by atoms with Crippen molar-refractivity contribution in [1.29, 1.82) is 0 Å². The Bertz CT molecular complexity index is 1320. The van der Waals surface area contributed by atoms with Crippen LogP contribution in [0.2, 0.25) is 0 Å². The number of rotatable bonds is 5. The average molecular weight is 473 g/mol. The molecule has 35 heavy (non-hydrogen) atoms. The van der Waals surface area contributed by atoms with Gasteiger partial charge in [-0.05, 0) is 42.5 Å². The van der Waals surface area contributed by atoms with Crippen LogP contribution in [0.4, 0.5) is 11.6 Å². The van der Waals surface area contributed by atoms with E-state index in [1.54, 1.807) is 18.6 Å². The van der Waals surface area contributed by atoms with E-state index in [4.69, 9.17) is 4.42 Å². The number of aromatic amines is 1. The number of hydrogen-bond acceptors (Lipinski definition) is 8. The van der Waals surface area contributed by atoms with Crippen molar-refractivity contribution >= 4 is 17.5 Å². The summed E-state index contributed by atoms with van der Waals surface area (Å²) in [6.45, 7) is 5.90. The predicted octanol–water partition coefficient (Wildman–Crippen LogP) is 4.49. The molecule has 0 aliphatic heterocycles. The van der Waals surface area contributed by atoms with Crippen LogP contribution in [0, 0.1) is 0 Å². The van der Waals surface area contributed by atoms with Gasteiger partial charge in [-0.15, -0.1) is 10.2 Å². The van der Waals surface area contributed by atoms with Crippen LogP contribution in [0.1, 0.15) is 73.8 Å². The van der Waals surface area contributed by atoms with Gasteiger partial charge in [-0.1, -0.05) is 39.3 Å². The van der Waals surface area contributed by atoms with E-state index < -0.39 is 0 Å². The fraction of sp³-hybridized carbons (Fsp3) is 0.360. The normalized spacial score (nSPS) is 15.8. The lowest BCUT2D eigenvalue weighted by atomic mass is 9.95. The van der Waals surface area contributed by atoms with E-state index in [2.05, 4.69) is 53.1 Å². The summed E-state index contributed by atoms with van der Waals surface area (Å²) < 4.78 is 5.64. The Labute approximate surface area is 203 Å². The van der Waals surface area contributed by atoms with Crippen LogP contribution in [0.5, 0.6) is 0 Å². The highest BCUT2D eigenvalue weighted by Gasteiger charge is 2.27. The van der Waals surface area contributed by atoms with E-state index in [0.717, 1.165) is 48.2 Å². The van der Waals surface area contributed by atoms with Gasteiger partial charge in [0, 0.05) is 23.4 Å². The molecule has 10 heteroatoms. The monoisotopic (exact) mass is 472 g/mol. The Morgan fingerprint density at radius 3 is 2.83 bits per heavy atom. The predicted molar refractivity (Wildman–Crippen MR) is 130 cm³/mol. The van der Waals surface area contributed by atoms with Crippen molar-refractivity contribution in [2.24, 2.45) is 0 Å². The highest BCUT2D eigenvalue weighted by atomic mass is 16.4. The van der Waals surface area contributed by atoms with Crippen molar-refractivity contribution in [2.75, 3.05) is 5.32 Å². The van der Waals surface area contributed by atoms with E-state index in [0.29, 0.717) is 11.8 Å². The van der Waals surface area contributed by atoms with Gasteiger partial charge in [0.15, 0.2) is 0 Å². The number of H-pyrrole nitrogens is 1. The highest BCUT2D eigenvalue weighted by molar-refractivity contribution is 5.89. The number of carbonyl (C=O) groups excluding carboxylic acids is 1. The van der Waals surface area contributed by atoms with E-state index in [9.17, 15) is 4.79 Å². The molecule has 3 N–H and O–H groups in total. The van der Waals surface area contributed by atoms with Gasteiger partial charge >= 0.3 is 11.8 Å². The lowest BCUT2D eigenvalue weighted by Crippen LogP contribution is -2.29. The summed E-state index contributed by atoms with van der Waals surface area (Å²) in [4.78, 5) is 21.9. The number of benzene rings is 1. The zero-order valence-corrected chi connectivity index (χ0v) is 20.0. The minimum absolute atomic E-state index is 0.00372. The number of amides is 1. The summed E-state index contributed by atoms with van der Waals surface area (Å²) in [6.07, 6.45) is 9.00. The van der Waals surface area contributed by atoms with Gasteiger partial charge in [0.1, 0.15) is 0 Å². The molecule has 0 saturated carbocycles. The number of fused-ring (bicyclic) bond motifs is 1. The highest BCUT2D eigenvalue weighted by Crippen LogP contribution is 2.32. The molecule has 3 aromatic heterocycles. The fourth-order valence-electron chi connectivity index (χ4n) is 4.16. The minimum Gasteiger partial charge on any atom is -0.416 e. The molecule has 3 heterocycles. The molecule has 180 valence electrons. The van der Waals surface area contributed by atoms with E-state index in [-0.39, 0.29) is 23.3 Å². The zero-order valence-electron chi connectivity index (χ0n) is 20.0. The van der Waals surface area contributed by atoms with Gasteiger partial charge in [0.2, 0.25) is 11.8 Å². The van der Waals surface area contributed by atoms with Crippen LogP contribution in [0.15, 0.2) is 47.3 Å². The minimum atomic E-state index is -0.347. The maximum absolute atomic E-state index is 12.9. The van der Waals surface area contributed by atoms with Crippen LogP contribution in [0.25, 0.3) is 11.3 Å². The molecule has 0 saturated heterocycles. The largest absolute Gasteiger partial charge is 0.416 e. The summed E-state index contributed by atoms with van der Waals surface area (Å²) in [5, 5.41) is 20.9. The van der Waals surface area contributed by atoms with Crippen LogP contribution in [0.3, 0.4) is 0 Å². The molecule has 1 atom stereocenters. The van der Waals surface area contributed by atoms with Crippen molar-refractivity contribution in [2.45, 2.75) is 57.9 Å². The molecular weight excluding hydrogens is 444 g/mol. The van der Waals surface area contributed by atoms with Crippen LogP contribution < -0.4 is 10.6 Å². The molecule has 5 rings (SSSR count). The first-order valence-corrected chi connectivity index (χ1v) is 11.7. The standard InChI is InChI=1S/C25H28N8O2/c1-25(2,3)23-33-32-22(35-23)21(34)30-20-7-5-4-6-15-12-16(8-9-18(15)20)19-10-11-26-24(31-19)29-17-13-27-28-14-17/h8-14,20H,4-7H2,1-3H3,(H,27,28)(H,30,34)(H,26,29,31)/t20-/m0/s1. The van der Waals surface area contributed by atoms with Gasteiger partial charge in [-0.2, -0.15) is 5.10 Å². The van der Waals surface area contributed by atoms with Crippen molar-refractivity contribution < 1.29 is 9.21 Å². The molecule has 0 spiro atoms. The first kappa shape index (κ1) is 22.7. The SMILES string of the molecule is CC(C)(C)c1nnc(C(=O)N[C@H]2CCCCc3cc(-c4ccnc(Nc5cn[nH]c5)n4)ccc32)o1. The van der Waals surface area contributed by atoms with E-state index >= 15 is 0 Å². The van der Waals surface area contributed by atoms with Crippen LogP contribution in [-0.4, -0.2) is 36.3 Å².